The summed E-state index contributed by atoms with van der Waals surface area (Å²) in [5.74, 6) is 0.846. The molecule has 37 heavy (non-hydrogen) atoms. The first-order chi connectivity index (χ1) is 18.0. The van der Waals surface area contributed by atoms with Gasteiger partial charge in [0.1, 0.15) is 5.69 Å². The summed E-state index contributed by atoms with van der Waals surface area (Å²) in [6.07, 6.45) is 1.12. The van der Waals surface area contributed by atoms with Crippen LogP contribution >= 0.6 is 11.3 Å². The van der Waals surface area contributed by atoms with Gasteiger partial charge < -0.3 is 19.9 Å². The maximum absolute atomic E-state index is 13.8. The fourth-order valence-corrected chi connectivity index (χ4v) is 6.70. The van der Waals surface area contributed by atoms with Gasteiger partial charge in [-0.3, -0.25) is 9.59 Å². The molecular weight excluding hydrogens is 484 g/mol. The topological polar surface area (TPSA) is 74.8 Å². The summed E-state index contributed by atoms with van der Waals surface area (Å²) in [6.45, 7) is 8.07. The molecule has 3 fully saturated rings. The minimum atomic E-state index is -0.0939. The molecule has 0 bridgehead atoms. The van der Waals surface area contributed by atoms with Crippen molar-refractivity contribution in [3.8, 4) is 10.4 Å². The van der Waals surface area contributed by atoms with E-state index in [1.807, 2.05) is 48.2 Å². The van der Waals surface area contributed by atoms with Crippen LogP contribution in [-0.2, 0) is 4.74 Å². The average molecular weight is 517 g/mol. The van der Waals surface area contributed by atoms with Crippen LogP contribution in [0.3, 0.4) is 0 Å². The van der Waals surface area contributed by atoms with Gasteiger partial charge >= 0.3 is 0 Å². The van der Waals surface area contributed by atoms with Crippen molar-refractivity contribution in [2.75, 3.05) is 44.3 Å². The maximum Gasteiger partial charge on any atom is 0.274 e. The number of benzene rings is 2. The molecule has 3 aromatic rings. The van der Waals surface area contributed by atoms with Crippen molar-refractivity contribution in [3.63, 3.8) is 0 Å². The standard InChI is InChI=1S/C29H32N4O3S/c1-18-6-5-7-20(14-18)27-26(31-19(2)37-27)29(35)33-17-21-15-23(21)25(33)16-30-28(34)22-8-3-4-9-24(22)32-10-12-36-13-11-32/h3-9,14,21,23,25H,10-13,15-17H2,1-2H3,(H,30,34)/t21-,23?,25+/m0/s1. The van der Waals surface area contributed by atoms with Gasteiger partial charge in [-0.25, -0.2) is 4.98 Å². The second kappa shape index (κ2) is 9.91. The largest absolute Gasteiger partial charge is 0.378 e. The molecular formula is C29H32N4O3S. The van der Waals surface area contributed by atoms with Crippen LogP contribution in [0.4, 0.5) is 5.69 Å². The molecule has 2 amide bonds. The monoisotopic (exact) mass is 516 g/mol. The van der Waals surface area contributed by atoms with E-state index in [1.54, 1.807) is 11.3 Å². The minimum Gasteiger partial charge on any atom is -0.378 e. The van der Waals surface area contributed by atoms with E-state index < -0.39 is 0 Å². The zero-order valence-corrected chi connectivity index (χ0v) is 22.1. The molecule has 1 saturated carbocycles. The molecule has 1 N–H and O–H groups in total. The Bertz CT molecular complexity index is 1330. The summed E-state index contributed by atoms with van der Waals surface area (Å²) in [7, 11) is 0. The first kappa shape index (κ1) is 24.1. The van der Waals surface area contributed by atoms with Crippen LogP contribution in [0, 0.1) is 25.7 Å². The molecule has 3 atom stereocenters. The number of ether oxygens (including phenoxy) is 1. The van der Waals surface area contributed by atoms with Crippen LogP contribution in [0.2, 0.25) is 0 Å². The van der Waals surface area contributed by atoms with E-state index in [4.69, 9.17) is 4.74 Å². The molecule has 2 saturated heterocycles. The van der Waals surface area contributed by atoms with Crippen molar-refractivity contribution < 1.29 is 14.3 Å². The van der Waals surface area contributed by atoms with Gasteiger partial charge in [0.15, 0.2) is 0 Å². The molecule has 7 nitrogen and oxygen atoms in total. The lowest BCUT2D eigenvalue weighted by Gasteiger charge is -2.31. The number of hydrogen-bond acceptors (Lipinski definition) is 6. The zero-order valence-electron chi connectivity index (χ0n) is 21.3. The normalized spacial score (nSPS) is 22.6. The number of morpholine rings is 1. The molecule has 6 rings (SSSR count). The van der Waals surface area contributed by atoms with E-state index in [0.29, 0.717) is 42.9 Å². The number of carbonyl (C=O) groups is 2. The van der Waals surface area contributed by atoms with E-state index in [2.05, 4.69) is 34.3 Å². The van der Waals surface area contributed by atoms with Crippen LogP contribution in [-0.4, -0.2) is 67.1 Å². The number of hydrogen-bond donors (Lipinski definition) is 1. The maximum atomic E-state index is 13.8. The number of fused-ring (bicyclic) bond motifs is 1. The first-order valence-corrected chi connectivity index (χ1v) is 13.9. The predicted octanol–water partition coefficient (Wildman–Crippen LogP) is 4.15. The summed E-state index contributed by atoms with van der Waals surface area (Å²) >= 11 is 1.57. The third kappa shape index (κ3) is 4.76. The summed E-state index contributed by atoms with van der Waals surface area (Å²) in [6, 6.07) is 16.0. The molecule has 1 aliphatic carbocycles. The van der Waals surface area contributed by atoms with Crippen LogP contribution < -0.4 is 10.2 Å². The van der Waals surface area contributed by atoms with Crippen molar-refractivity contribution in [2.24, 2.45) is 11.8 Å². The van der Waals surface area contributed by atoms with Crippen molar-refractivity contribution in [1.29, 1.82) is 0 Å². The number of para-hydroxylation sites is 1. The van der Waals surface area contributed by atoms with Crippen molar-refractivity contribution in [2.45, 2.75) is 26.3 Å². The summed E-state index contributed by atoms with van der Waals surface area (Å²) in [4.78, 5) is 36.9. The second-order valence-electron chi connectivity index (χ2n) is 10.3. The molecule has 1 unspecified atom stereocenters. The highest BCUT2D eigenvalue weighted by Gasteiger charge is 2.54. The predicted molar refractivity (Wildman–Crippen MR) is 145 cm³/mol. The Kier molecular flexibility index (Phi) is 6.46. The zero-order chi connectivity index (χ0) is 25.5. The Labute approximate surface area is 221 Å². The third-order valence-corrected chi connectivity index (χ3v) is 8.77. The lowest BCUT2D eigenvalue weighted by Crippen LogP contribution is -2.46. The van der Waals surface area contributed by atoms with Gasteiger partial charge in [-0.2, -0.15) is 0 Å². The molecule has 3 heterocycles. The fraction of sp³-hybridized carbons (Fsp3) is 0.414. The Morgan fingerprint density at radius 3 is 2.73 bits per heavy atom. The lowest BCUT2D eigenvalue weighted by molar-refractivity contribution is 0.0690. The molecule has 2 aliphatic heterocycles. The van der Waals surface area contributed by atoms with Crippen LogP contribution in [0.25, 0.3) is 10.4 Å². The number of likely N-dealkylation sites (tertiary alicyclic amines) is 1. The quantitative estimate of drug-likeness (QED) is 0.533. The number of nitrogens with zero attached hydrogens (tertiary/aromatic N) is 3. The summed E-state index contributed by atoms with van der Waals surface area (Å²) < 4.78 is 5.48. The van der Waals surface area contributed by atoms with Crippen LogP contribution in [0.5, 0.6) is 0 Å². The molecule has 1 aromatic heterocycles. The highest BCUT2D eigenvalue weighted by molar-refractivity contribution is 7.15. The smallest absolute Gasteiger partial charge is 0.274 e. The fourth-order valence-electron chi connectivity index (χ4n) is 5.79. The van der Waals surface area contributed by atoms with E-state index in [9.17, 15) is 9.59 Å². The minimum absolute atomic E-state index is 0.00985. The lowest BCUT2D eigenvalue weighted by atomic mass is 10.1. The second-order valence-corrected chi connectivity index (χ2v) is 11.5. The SMILES string of the molecule is Cc1cccc(-c2sc(C)nc2C(=O)N2C[C@@H]3CC3[C@H]2CNC(=O)c2ccccc2N2CCOCC2)c1. The van der Waals surface area contributed by atoms with Crippen LogP contribution in [0.15, 0.2) is 48.5 Å². The molecule has 3 aliphatic rings. The number of piperidine rings is 1. The first-order valence-electron chi connectivity index (χ1n) is 13.0. The number of nitrogens with one attached hydrogen (secondary N) is 1. The van der Waals surface area contributed by atoms with E-state index >= 15 is 0 Å². The van der Waals surface area contributed by atoms with Crippen molar-refractivity contribution in [3.05, 3.63) is 70.4 Å². The van der Waals surface area contributed by atoms with E-state index in [1.165, 1.54) is 0 Å². The molecule has 8 heteroatoms. The summed E-state index contributed by atoms with van der Waals surface area (Å²) in [5, 5.41) is 4.05. The van der Waals surface area contributed by atoms with Gasteiger partial charge in [0.25, 0.3) is 11.8 Å². The van der Waals surface area contributed by atoms with E-state index in [-0.39, 0.29) is 17.9 Å². The van der Waals surface area contributed by atoms with Gasteiger partial charge in [-0.05, 0) is 49.8 Å². The van der Waals surface area contributed by atoms with Gasteiger partial charge in [0.05, 0.1) is 34.7 Å². The Balaban J connectivity index is 1.19. The number of thiazole rings is 1. The number of aromatic nitrogens is 1. The molecule has 0 spiro atoms. The van der Waals surface area contributed by atoms with Gasteiger partial charge in [-0.1, -0.05) is 42.0 Å². The Hall–Kier alpha value is -3.23. The molecule has 192 valence electrons. The number of aryl methyl sites for hydroxylation is 2. The summed E-state index contributed by atoms with van der Waals surface area (Å²) in [5.41, 5.74) is 4.32. The van der Waals surface area contributed by atoms with Gasteiger partial charge in [-0.15, -0.1) is 11.3 Å². The van der Waals surface area contributed by atoms with Gasteiger partial charge in [0.2, 0.25) is 0 Å². The highest BCUT2D eigenvalue weighted by atomic mass is 32.1. The third-order valence-electron chi connectivity index (χ3n) is 7.75. The number of carbonyl (C=O) groups excluding carboxylic acids is 2. The number of rotatable bonds is 6. The average Bonchev–Trinajstić information content (AvgIpc) is 3.43. The van der Waals surface area contributed by atoms with Crippen molar-refractivity contribution >= 4 is 28.8 Å². The molecule has 0 radical (unpaired) electrons. The number of amides is 2. The van der Waals surface area contributed by atoms with Crippen LogP contribution in [0.1, 0.15) is 37.8 Å². The van der Waals surface area contributed by atoms with E-state index in [0.717, 1.165) is 52.8 Å². The highest BCUT2D eigenvalue weighted by Crippen LogP contribution is 2.50. The number of anilines is 1. The molecule has 2 aromatic carbocycles. The van der Waals surface area contributed by atoms with Crippen molar-refractivity contribution in [1.82, 2.24) is 15.2 Å². The Morgan fingerprint density at radius 2 is 1.92 bits per heavy atom. The van der Waals surface area contributed by atoms with Gasteiger partial charge in [0, 0.05) is 31.9 Å². The Morgan fingerprint density at radius 1 is 1.11 bits per heavy atom.